The van der Waals surface area contributed by atoms with Crippen LogP contribution in [0.25, 0.3) is 11.1 Å². The maximum atomic E-state index is 12.7. The highest BCUT2D eigenvalue weighted by molar-refractivity contribution is 5.88. The number of hydrogen-bond acceptors (Lipinski definition) is 4. The predicted molar refractivity (Wildman–Crippen MR) is 119 cm³/mol. The molecule has 1 saturated heterocycles. The molecule has 7 heteroatoms. The molecule has 1 unspecified atom stereocenters. The summed E-state index contributed by atoms with van der Waals surface area (Å²) in [6.45, 7) is 3.90. The SMILES string of the molecule is C[C@H](CC(=O)N1CCCC1(C)C(=O)O)NC(=O)OCC1c2ccccc2-c2ccccc21. The third kappa shape index (κ3) is 3.95. The van der Waals surface area contributed by atoms with Gasteiger partial charge in [-0.1, -0.05) is 48.5 Å². The van der Waals surface area contributed by atoms with Crippen LogP contribution < -0.4 is 5.32 Å². The minimum Gasteiger partial charge on any atom is -0.480 e. The molecule has 0 spiro atoms. The number of carboxylic acids is 1. The largest absolute Gasteiger partial charge is 0.480 e. The molecule has 168 valence electrons. The van der Waals surface area contributed by atoms with Gasteiger partial charge in [-0.25, -0.2) is 9.59 Å². The quantitative estimate of drug-likeness (QED) is 0.719. The zero-order valence-corrected chi connectivity index (χ0v) is 18.3. The lowest BCUT2D eigenvalue weighted by atomic mass is 9.98. The van der Waals surface area contributed by atoms with Crippen LogP contribution in [0.15, 0.2) is 48.5 Å². The number of ether oxygens (including phenoxy) is 1. The van der Waals surface area contributed by atoms with Gasteiger partial charge in [0.25, 0.3) is 0 Å². The van der Waals surface area contributed by atoms with E-state index in [0.717, 1.165) is 22.3 Å². The smallest absolute Gasteiger partial charge is 0.407 e. The number of likely N-dealkylation sites (tertiary alicyclic amines) is 1. The summed E-state index contributed by atoms with van der Waals surface area (Å²) in [7, 11) is 0. The number of amides is 2. The molecule has 1 fully saturated rings. The molecule has 2 aliphatic rings. The summed E-state index contributed by atoms with van der Waals surface area (Å²) in [5, 5.41) is 12.2. The number of carbonyl (C=O) groups excluding carboxylic acids is 2. The van der Waals surface area contributed by atoms with Crippen LogP contribution in [0, 0.1) is 0 Å². The van der Waals surface area contributed by atoms with Crippen LogP contribution >= 0.6 is 0 Å². The number of hydrogen-bond donors (Lipinski definition) is 2. The number of carboxylic acid groups (broad SMARTS) is 1. The van der Waals surface area contributed by atoms with Crippen molar-refractivity contribution in [3.63, 3.8) is 0 Å². The van der Waals surface area contributed by atoms with Crippen molar-refractivity contribution in [3.8, 4) is 11.1 Å². The summed E-state index contributed by atoms with van der Waals surface area (Å²) < 4.78 is 5.53. The summed E-state index contributed by atoms with van der Waals surface area (Å²) in [5.41, 5.74) is 3.39. The fourth-order valence-corrected chi connectivity index (χ4v) is 4.85. The fourth-order valence-electron chi connectivity index (χ4n) is 4.85. The molecular formula is C25H28N2O5. The topological polar surface area (TPSA) is 95.9 Å². The van der Waals surface area contributed by atoms with Crippen LogP contribution in [-0.4, -0.2) is 52.7 Å². The van der Waals surface area contributed by atoms with Gasteiger partial charge in [0.15, 0.2) is 0 Å². The number of nitrogens with one attached hydrogen (secondary N) is 1. The Hall–Kier alpha value is -3.35. The van der Waals surface area contributed by atoms with E-state index in [1.54, 1.807) is 13.8 Å². The summed E-state index contributed by atoms with van der Waals surface area (Å²) in [4.78, 5) is 38.1. The van der Waals surface area contributed by atoms with Crippen LogP contribution in [0.5, 0.6) is 0 Å². The number of benzene rings is 2. The highest BCUT2D eigenvalue weighted by Gasteiger charge is 2.45. The zero-order chi connectivity index (χ0) is 22.9. The van der Waals surface area contributed by atoms with Crippen LogP contribution in [0.3, 0.4) is 0 Å². The fraction of sp³-hybridized carbons (Fsp3) is 0.400. The molecular weight excluding hydrogens is 408 g/mol. The molecule has 1 aliphatic carbocycles. The van der Waals surface area contributed by atoms with Crippen molar-refractivity contribution in [3.05, 3.63) is 59.7 Å². The lowest BCUT2D eigenvalue weighted by Gasteiger charge is -2.32. The van der Waals surface area contributed by atoms with Gasteiger partial charge in [-0.05, 0) is 48.9 Å². The van der Waals surface area contributed by atoms with E-state index in [1.165, 1.54) is 4.90 Å². The Balaban J connectivity index is 1.34. The first kappa shape index (κ1) is 21.9. The molecule has 4 rings (SSSR count). The first-order valence-corrected chi connectivity index (χ1v) is 11.0. The van der Waals surface area contributed by atoms with Gasteiger partial charge in [-0.2, -0.15) is 0 Å². The molecule has 1 heterocycles. The molecule has 32 heavy (non-hydrogen) atoms. The van der Waals surface area contributed by atoms with Crippen molar-refractivity contribution in [2.24, 2.45) is 0 Å². The van der Waals surface area contributed by atoms with E-state index < -0.39 is 23.6 Å². The Labute approximate surface area is 187 Å². The van der Waals surface area contributed by atoms with E-state index >= 15 is 0 Å². The van der Waals surface area contributed by atoms with Crippen LogP contribution in [-0.2, 0) is 14.3 Å². The molecule has 0 radical (unpaired) electrons. The van der Waals surface area contributed by atoms with Crippen LogP contribution in [0.1, 0.15) is 50.2 Å². The maximum Gasteiger partial charge on any atom is 0.407 e. The Kier molecular flexibility index (Phi) is 5.91. The van der Waals surface area contributed by atoms with Gasteiger partial charge in [0.1, 0.15) is 12.1 Å². The number of aliphatic carboxylic acids is 1. The molecule has 2 amide bonds. The first-order chi connectivity index (χ1) is 15.3. The average molecular weight is 437 g/mol. The third-order valence-corrected chi connectivity index (χ3v) is 6.59. The summed E-state index contributed by atoms with van der Waals surface area (Å²) in [6, 6.07) is 15.7. The Bertz CT molecular complexity index is 1010. The Morgan fingerprint density at radius 3 is 2.31 bits per heavy atom. The van der Waals surface area contributed by atoms with E-state index in [2.05, 4.69) is 29.6 Å². The van der Waals surface area contributed by atoms with E-state index in [-0.39, 0.29) is 24.9 Å². The lowest BCUT2D eigenvalue weighted by Crippen LogP contribution is -2.52. The van der Waals surface area contributed by atoms with Crippen molar-refractivity contribution in [1.82, 2.24) is 10.2 Å². The monoisotopic (exact) mass is 436 g/mol. The minimum atomic E-state index is -1.18. The van der Waals surface area contributed by atoms with Crippen LogP contribution in [0.4, 0.5) is 4.79 Å². The molecule has 1 aliphatic heterocycles. The predicted octanol–water partition coefficient (Wildman–Crippen LogP) is 3.77. The molecule has 2 aromatic carbocycles. The molecule has 0 saturated carbocycles. The second-order valence-electron chi connectivity index (χ2n) is 8.80. The zero-order valence-electron chi connectivity index (χ0n) is 18.3. The summed E-state index contributed by atoms with van der Waals surface area (Å²) in [6.07, 6.45) is 0.521. The van der Waals surface area contributed by atoms with Crippen molar-refractivity contribution < 1.29 is 24.2 Å². The number of fused-ring (bicyclic) bond motifs is 3. The molecule has 7 nitrogen and oxygen atoms in total. The van der Waals surface area contributed by atoms with E-state index in [0.29, 0.717) is 19.4 Å². The van der Waals surface area contributed by atoms with Crippen molar-refractivity contribution in [1.29, 1.82) is 0 Å². The second kappa shape index (κ2) is 8.65. The van der Waals surface area contributed by atoms with Gasteiger partial charge in [-0.15, -0.1) is 0 Å². The second-order valence-corrected chi connectivity index (χ2v) is 8.80. The van der Waals surface area contributed by atoms with Crippen molar-refractivity contribution in [2.45, 2.75) is 50.6 Å². The number of nitrogens with zero attached hydrogens (tertiary/aromatic N) is 1. The molecule has 2 aromatic rings. The van der Waals surface area contributed by atoms with Crippen LogP contribution in [0.2, 0.25) is 0 Å². The van der Waals surface area contributed by atoms with E-state index in [4.69, 9.17) is 4.74 Å². The third-order valence-electron chi connectivity index (χ3n) is 6.59. The highest BCUT2D eigenvalue weighted by Crippen LogP contribution is 2.44. The lowest BCUT2D eigenvalue weighted by molar-refractivity contribution is -0.155. The molecule has 2 N–H and O–H groups in total. The van der Waals surface area contributed by atoms with Crippen molar-refractivity contribution in [2.75, 3.05) is 13.2 Å². The molecule has 0 bridgehead atoms. The van der Waals surface area contributed by atoms with Gasteiger partial charge < -0.3 is 20.1 Å². The van der Waals surface area contributed by atoms with E-state index in [1.807, 2.05) is 24.3 Å². The van der Waals surface area contributed by atoms with Gasteiger partial charge in [-0.3, -0.25) is 4.79 Å². The highest BCUT2D eigenvalue weighted by atomic mass is 16.5. The summed E-state index contributed by atoms with van der Waals surface area (Å²) >= 11 is 0. The van der Waals surface area contributed by atoms with Gasteiger partial charge in [0.05, 0.1) is 0 Å². The van der Waals surface area contributed by atoms with E-state index in [9.17, 15) is 19.5 Å². The number of carbonyl (C=O) groups is 3. The number of rotatable bonds is 6. The van der Waals surface area contributed by atoms with Gasteiger partial charge in [0, 0.05) is 24.9 Å². The Morgan fingerprint density at radius 2 is 1.72 bits per heavy atom. The molecule has 2 atom stereocenters. The average Bonchev–Trinajstić information content (AvgIpc) is 3.31. The standard InChI is InChI=1S/C25H28N2O5/c1-16(14-22(28)27-13-7-12-25(27,2)23(29)30)26-24(31)32-15-21-19-10-5-3-8-17(19)18-9-4-6-11-20(18)21/h3-6,8-11,16,21H,7,12-15H2,1-2H3,(H,26,31)(H,29,30)/t16-,25?/m1/s1. The normalized spacial score (nSPS) is 20.4. The van der Waals surface area contributed by atoms with Crippen molar-refractivity contribution >= 4 is 18.0 Å². The molecule has 0 aromatic heterocycles. The first-order valence-electron chi connectivity index (χ1n) is 11.0. The number of alkyl carbamates (subject to hydrolysis) is 1. The Morgan fingerprint density at radius 1 is 1.12 bits per heavy atom. The van der Waals surface area contributed by atoms with Gasteiger partial charge in [0.2, 0.25) is 5.91 Å². The van der Waals surface area contributed by atoms with Gasteiger partial charge >= 0.3 is 12.1 Å². The minimum absolute atomic E-state index is 0.0209. The summed E-state index contributed by atoms with van der Waals surface area (Å²) in [5.74, 6) is -1.31. The maximum absolute atomic E-state index is 12.7.